The Morgan fingerprint density at radius 1 is 1.30 bits per heavy atom. The molecule has 1 fully saturated rings. The second-order valence-electron chi connectivity index (χ2n) is 8.31. The summed E-state index contributed by atoms with van der Waals surface area (Å²) >= 11 is 6.75. The maximum absolute atomic E-state index is 13.0. The summed E-state index contributed by atoms with van der Waals surface area (Å²) in [5.74, 6) is 0.582. The molecule has 0 bridgehead atoms. The maximum Gasteiger partial charge on any atom is 0.235 e. The second-order valence-corrected chi connectivity index (χ2v) is 10.8. The molecule has 176 valence electrons. The molecule has 0 saturated carbocycles. The van der Waals surface area contributed by atoms with Gasteiger partial charge in [0.2, 0.25) is 10.0 Å². The lowest BCUT2D eigenvalue weighted by atomic mass is 10.1. The molecule has 1 saturated heterocycles. The zero-order valence-corrected chi connectivity index (χ0v) is 20.1. The highest BCUT2D eigenvalue weighted by Gasteiger charge is 2.37. The van der Waals surface area contributed by atoms with Crippen LogP contribution in [0, 0.1) is 5.41 Å². The topological polar surface area (TPSA) is 109 Å². The Balaban J connectivity index is 1.65. The number of nitrogen functional groups attached to an aromatic ring is 1. The van der Waals surface area contributed by atoms with Gasteiger partial charge < -0.3 is 15.8 Å². The number of amidine groups is 1. The molecule has 2 aromatic carbocycles. The van der Waals surface area contributed by atoms with Crippen LogP contribution >= 0.6 is 11.6 Å². The van der Waals surface area contributed by atoms with Crippen LogP contribution in [0.4, 0.5) is 5.69 Å². The van der Waals surface area contributed by atoms with Crippen LogP contribution in [0.25, 0.3) is 6.08 Å². The first-order chi connectivity index (χ1) is 15.8. The number of sulfonamides is 1. The maximum atomic E-state index is 13.0. The third kappa shape index (κ3) is 5.03. The molecule has 0 amide bonds. The minimum atomic E-state index is -3.52. The molecule has 1 atom stereocenters. The van der Waals surface area contributed by atoms with Crippen molar-refractivity contribution in [2.45, 2.75) is 38.3 Å². The first kappa shape index (κ1) is 23.6. The van der Waals surface area contributed by atoms with E-state index in [1.54, 1.807) is 31.2 Å². The number of nitrogens with zero attached hydrogens (tertiary/aromatic N) is 1. The van der Waals surface area contributed by atoms with E-state index >= 15 is 0 Å². The molecule has 4 N–H and O–H groups in total. The number of hydrogen-bond donors (Lipinski definition) is 3. The molecule has 0 spiro atoms. The van der Waals surface area contributed by atoms with Crippen LogP contribution in [-0.2, 0) is 16.4 Å². The van der Waals surface area contributed by atoms with Gasteiger partial charge in [0.1, 0.15) is 17.7 Å². The van der Waals surface area contributed by atoms with Crippen molar-refractivity contribution in [2.75, 3.05) is 23.1 Å². The molecular weight excluding hydrogens is 460 g/mol. The number of nitrogens with one attached hydrogen (secondary N) is 2. The lowest BCUT2D eigenvalue weighted by Crippen LogP contribution is -2.37. The summed E-state index contributed by atoms with van der Waals surface area (Å²) in [4.78, 5) is 0. The summed E-state index contributed by atoms with van der Waals surface area (Å²) in [6.07, 6.45) is 6.11. The fraction of sp³-hybridized carbons (Fsp3) is 0.375. The smallest absolute Gasteiger partial charge is 0.235 e. The van der Waals surface area contributed by atoms with Gasteiger partial charge in [-0.3, -0.25) is 9.71 Å². The summed E-state index contributed by atoms with van der Waals surface area (Å²) in [6, 6.07) is 10.5. The standard InChI is InChI=1S/C24H29ClN4O3S/c1-2-33(30,31)29-18(7-6-16-4-3-5-17(14-16)24(26)27)15-20-21(29)8-9-22(23(20)25)32-19-10-12-28-13-11-19/h3-9,14,18-19,28H,2,10-13,15H2,1H3,(H3,26,27)/b7-6+. The van der Waals surface area contributed by atoms with E-state index in [1.165, 1.54) is 4.31 Å². The lowest BCUT2D eigenvalue weighted by molar-refractivity contribution is 0.162. The average Bonchev–Trinajstić information content (AvgIpc) is 3.20. The summed E-state index contributed by atoms with van der Waals surface area (Å²) in [6.45, 7) is 3.46. The van der Waals surface area contributed by atoms with E-state index in [9.17, 15) is 8.42 Å². The molecule has 9 heteroatoms. The van der Waals surface area contributed by atoms with E-state index in [2.05, 4.69) is 5.32 Å². The van der Waals surface area contributed by atoms with Crippen LogP contribution in [0.2, 0.25) is 5.02 Å². The monoisotopic (exact) mass is 488 g/mol. The Kier molecular flexibility index (Phi) is 6.97. The Bertz CT molecular complexity index is 1180. The van der Waals surface area contributed by atoms with Gasteiger partial charge in [0.05, 0.1) is 22.5 Å². The minimum absolute atomic E-state index is 0.0123. The van der Waals surface area contributed by atoms with E-state index in [1.807, 2.05) is 24.3 Å². The number of benzene rings is 2. The molecule has 0 aliphatic carbocycles. The largest absolute Gasteiger partial charge is 0.489 e. The van der Waals surface area contributed by atoms with Crippen LogP contribution < -0.4 is 20.1 Å². The quantitative estimate of drug-likeness (QED) is 0.408. The Morgan fingerprint density at radius 3 is 2.76 bits per heavy atom. The number of piperidine rings is 1. The number of ether oxygens (including phenoxy) is 1. The van der Waals surface area contributed by atoms with Crippen LogP contribution in [0.15, 0.2) is 42.5 Å². The predicted molar refractivity (Wildman–Crippen MR) is 134 cm³/mol. The van der Waals surface area contributed by atoms with Gasteiger partial charge in [0.15, 0.2) is 0 Å². The molecule has 2 heterocycles. The number of halogens is 1. The van der Waals surface area contributed by atoms with E-state index in [0.29, 0.717) is 28.4 Å². The first-order valence-electron chi connectivity index (χ1n) is 11.1. The number of nitrogens with two attached hydrogens (primary N) is 1. The molecule has 33 heavy (non-hydrogen) atoms. The van der Waals surface area contributed by atoms with Gasteiger partial charge in [-0.15, -0.1) is 0 Å². The zero-order chi connectivity index (χ0) is 23.6. The molecular formula is C24H29ClN4O3S. The number of fused-ring (bicyclic) bond motifs is 1. The molecule has 4 rings (SSSR count). The van der Waals surface area contributed by atoms with Crippen molar-refractivity contribution in [2.24, 2.45) is 5.73 Å². The molecule has 1 unspecified atom stereocenters. The highest BCUT2D eigenvalue weighted by Crippen LogP contribution is 2.44. The summed E-state index contributed by atoms with van der Waals surface area (Å²) in [5.41, 5.74) is 8.44. The first-order valence-corrected chi connectivity index (χ1v) is 13.1. The fourth-order valence-corrected chi connectivity index (χ4v) is 5.91. The van der Waals surface area contributed by atoms with Crippen LogP contribution in [-0.4, -0.2) is 45.2 Å². The molecule has 2 aliphatic rings. The van der Waals surface area contributed by atoms with E-state index in [-0.39, 0.29) is 17.7 Å². The van der Waals surface area contributed by atoms with Crippen molar-refractivity contribution in [3.05, 3.63) is 64.2 Å². The Morgan fingerprint density at radius 2 is 2.06 bits per heavy atom. The molecule has 0 radical (unpaired) electrons. The van der Waals surface area contributed by atoms with Crippen molar-refractivity contribution in [3.8, 4) is 5.75 Å². The lowest BCUT2D eigenvalue weighted by Gasteiger charge is -2.26. The van der Waals surface area contributed by atoms with Crippen LogP contribution in [0.1, 0.15) is 36.5 Å². The summed E-state index contributed by atoms with van der Waals surface area (Å²) in [7, 11) is -3.52. The molecule has 2 aromatic rings. The average molecular weight is 489 g/mol. The van der Waals surface area contributed by atoms with Gasteiger partial charge in [-0.1, -0.05) is 42.0 Å². The second kappa shape index (κ2) is 9.75. The van der Waals surface area contributed by atoms with Gasteiger partial charge in [-0.25, -0.2) is 8.42 Å². The normalized spacial score (nSPS) is 19.1. The SMILES string of the molecule is CCS(=O)(=O)N1c2ccc(OC3CCNCC3)c(Cl)c2CC1/C=C/c1cccc(C(=N)N)c1. The van der Waals surface area contributed by atoms with Crippen LogP contribution in [0.5, 0.6) is 5.75 Å². The van der Waals surface area contributed by atoms with E-state index in [0.717, 1.165) is 37.1 Å². The third-order valence-corrected chi connectivity index (χ3v) is 8.30. The van der Waals surface area contributed by atoms with Crippen LogP contribution in [0.3, 0.4) is 0 Å². The van der Waals surface area contributed by atoms with Gasteiger partial charge in [-0.05, 0) is 56.6 Å². The Hall–Kier alpha value is -2.55. The van der Waals surface area contributed by atoms with Crippen molar-refractivity contribution < 1.29 is 13.2 Å². The van der Waals surface area contributed by atoms with Gasteiger partial charge in [-0.2, -0.15) is 0 Å². The van der Waals surface area contributed by atoms with Crippen molar-refractivity contribution in [3.63, 3.8) is 0 Å². The van der Waals surface area contributed by atoms with Gasteiger partial charge >= 0.3 is 0 Å². The highest BCUT2D eigenvalue weighted by molar-refractivity contribution is 7.92. The van der Waals surface area contributed by atoms with Gasteiger partial charge in [0.25, 0.3) is 0 Å². The summed E-state index contributed by atoms with van der Waals surface area (Å²) in [5, 5.41) is 11.4. The number of rotatable bonds is 7. The van der Waals surface area contributed by atoms with Gasteiger partial charge in [0, 0.05) is 17.5 Å². The van der Waals surface area contributed by atoms with Crippen molar-refractivity contribution in [1.82, 2.24) is 5.32 Å². The summed E-state index contributed by atoms with van der Waals surface area (Å²) < 4.78 is 33.7. The molecule has 2 aliphatic heterocycles. The van der Waals surface area contributed by atoms with E-state index in [4.69, 9.17) is 27.5 Å². The Labute approximate surface area is 200 Å². The minimum Gasteiger partial charge on any atom is -0.489 e. The van der Waals surface area contributed by atoms with Crippen molar-refractivity contribution >= 4 is 39.2 Å². The number of anilines is 1. The van der Waals surface area contributed by atoms with E-state index < -0.39 is 16.1 Å². The predicted octanol–water partition coefficient (Wildman–Crippen LogP) is 3.55. The highest BCUT2D eigenvalue weighted by atomic mass is 35.5. The molecule has 0 aromatic heterocycles. The third-order valence-electron chi connectivity index (χ3n) is 6.09. The number of hydrogen-bond acceptors (Lipinski definition) is 5. The fourth-order valence-electron chi connectivity index (χ4n) is 4.32. The zero-order valence-electron chi connectivity index (χ0n) is 18.6. The van der Waals surface area contributed by atoms with Crippen molar-refractivity contribution in [1.29, 1.82) is 5.41 Å². The molecule has 7 nitrogen and oxygen atoms in total.